The van der Waals surface area contributed by atoms with Crippen molar-refractivity contribution in [2.24, 2.45) is 7.05 Å². The van der Waals surface area contributed by atoms with E-state index >= 15 is 0 Å². The van der Waals surface area contributed by atoms with Gasteiger partial charge in [0.25, 0.3) is 5.91 Å². The Morgan fingerprint density at radius 2 is 1.90 bits per heavy atom. The minimum Gasteiger partial charge on any atom is -0.497 e. The van der Waals surface area contributed by atoms with Crippen molar-refractivity contribution in [3.63, 3.8) is 0 Å². The van der Waals surface area contributed by atoms with E-state index in [0.29, 0.717) is 11.6 Å². The molecule has 9 heteroatoms. The summed E-state index contributed by atoms with van der Waals surface area (Å²) in [6.45, 7) is 0.362. The van der Waals surface area contributed by atoms with E-state index in [1.807, 2.05) is 35.9 Å². The van der Waals surface area contributed by atoms with Crippen LogP contribution in [0.15, 0.2) is 48.5 Å². The van der Waals surface area contributed by atoms with Crippen LogP contribution in [-0.4, -0.2) is 45.4 Å². The highest BCUT2D eigenvalue weighted by molar-refractivity contribution is 6.05. The molecule has 2 heterocycles. The van der Waals surface area contributed by atoms with Crippen LogP contribution < -0.4 is 15.4 Å². The highest BCUT2D eigenvalue weighted by Gasteiger charge is 2.38. The minimum absolute atomic E-state index is 0.131. The smallest absolute Gasteiger partial charge is 0.325 e. The molecule has 1 aliphatic heterocycles. The number of hydrogen-bond donors (Lipinski definition) is 2. The van der Waals surface area contributed by atoms with Crippen LogP contribution >= 0.6 is 0 Å². The quantitative estimate of drug-likeness (QED) is 0.565. The molecule has 0 saturated carbocycles. The first-order valence-electron chi connectivity index (χ1n) is 9.88. The zero-order valence-corrected chi connectivity index (χ0v) is 17.3. The number of urea groups is 1. The maximum absolute atomic E-state index is 12.6. The number of para-hydroxylation sites is 2. The summed E-state index contributed by atoms with van der Waals surface area (Å²) in [6.07, 6.45) is -0.131. The third kappa shape index (κ3) is 4.20. The average Bonchev–Trinajstić information content (AvgIpc) is 3.24. The third-order valence-electron chi connectivity index (χ3n) is 5.32. The van der Waals surface area contributed by atoms with Crippen molar-refractivity contribution in [3.8, 4) is 5.75 Å². The van der Waals surface area contributed by atoms with Crippen LogP contribution in [0.5, 0.6) is 5.75 Å². The second-order valence-electron chi connectivity index (χ2n) is 7.33. The van der Waals surface area contributed by atoms with Gasteiger partial charge in [0.2, 0.25) is 5.91 Å². The van der Waals surface area contributed by atoms with Crippen molar-refractivity contribution in [3.05, 3.63) is 59.9 Å². The molecule has 3 aromatic rings. The normalized spacial score (nSPS) is 15.9. The van der Waals surface area contributed by atoms with E-state index in [2.05, 4.69) is 15.6 Å². The number of nitrogens with one attached hydrogen (secondary N) is 2. The molecule has 0 spiro atoms. The number of carbonyl (C=O) groups is 3. The molecule has 0 radical (unpaired) electrons. The maximum Gasteiger partial charge on any atom is 0.325 e. The molecule has 160 valence electrons. The summed E-state index contributed by atoms with van der Waals surface area (Å²) < 4.78 is 7.02. The van der Waals surface area contributed by atoms with Crippen molar-refractivity contribution in [1.82, 2.24) is 25.1 Å². The topological polar surface area (TPSA) is 106 Å². The number of ether oxygens (including phenoxy) is 1. The van der Waals surface area contributed by atoms with Crippen LogP contribution in [-0.2, 0) is 29.7 Å². The summed E-state index contributed by atoms with van der Waals surface area (Å²) >= 11 is 0. The molecule has 0 aliphatic carbocycles. The van der Waals surface area contributed by atoms with Gasteiger partial charge >= 0.3 is 6.03 Å². The van der Waals surface area contributed by atoms with Gasteiger partial charge in [0.15, 0.2) is 0 Å². The van der Waals surface area contributed by atoms with Crippen molar-refractivity contribution in [2.75, 3.05) is 7.11 Å². The molecule has 1 aromatic heterocycles. The van der Waals surface area contributed by atoms with Crippen LogP contribution in [0.4, 0.5) is 4.79 Å². The molecule has 2 N–H and O–H groups in total. The number of nitrogens with zero attached hydrogens (tertiary/aromatic N) is 3. The fourth-order valence-electron chi connectivity index (χ4n) is 3.57. The average molecular weight is 421 g/mol. The predicted molar refractivity (Wildman–Crippen MR) is 113 cm³/mol. The van der Waals surface area contributed by atoms with Crippen LogP contribution in [0.3, 0.4) is 0 Å². The highest BCUT2D eigenvalue weighted by Crippen LogP contribution is 2.17. The van der Waals surface area contributed by atoms with Crippen molar-refractivity contribution in [1.29, 1.82) is 0 Å². The van der Waals surface area contributed by atoms with Crippen LogP contribution in [0.25, 0.3) is 11.0 Å². The summed E-state index contributed by atoms with van der Waals surface area (Å²) in [5.41, 5.74) is 2.61. The molecular formula is C22H23N5O4. The van der Waals surface area contributed by atoms with Crippen LogP contribution in [0.2, 0.25) is 0 Å². The van der Waals surface area contributed by atoms with Crippen molar-refractivity contribution < 1.29 is 19.1 Å². The first-order chi connectivity index (χ1) is 15.0. The van der Waals surface area contributed by atoms with E-state index in [0.717, 1.165) is 21.5 Å². The molecule has 0 bridgehead atoms. The molecular weight excluding hydrogens is 398 g/mol. The number of aryl methyl sites for hydroxylation is 1. The van der Waals surface area contributed by atoms with Gasteiger partial charge in [-0.05, 0) is 29.8 Å². The number of rotatable bonds is 7. The lowest BCUT2D eigenvalue weighted by Crippen LogP contribution is -2.36. The van der Waals surface area contributed by atoms with Crippen molar-refractivity contribution in [2.45, 2.75) is 25.6 Å². The summed E-state index contributed by atoms with van der Waals surface area (Å²) in [4.78, 5) is 42.9. The number of imidazole rings is 1. The zero-order valence-electron chi connectivity index (χ0n) is 17.3. The predicted octanol–water partition coefficient (Wildman–Crippen LogP) is 1.71. The maximum atomic E-state index is 12.6. The van der Waals surface area contributed by atoms with E-state index in [-0.39, 0.29) is 25.4 Å². The summed E-state index contributed by atoms with van der Waals surface area (Å²) in [6, 6.07) is 13.4. The van der Waals surface area contributed by atoms with E-state index in [4.69, 9.17) is 4.74 Å². The SMILES string of the molecule is COc1ccc(CN2C(=O)N[C@H](CC(=O)NCc3nc4ccccc4n3C)C2=O)cc1. The van der Waals surface area contributed by atoms with Gasteiger partial charge in [-0.1, -0.05) is 24.3 Å². The minimum atomic E-state index is -0.883. The third-order valence-corrected chi connectivity index (χ3v) is 5.32. The molecule has 4 amide bonds. The number of carbonyl (C=O) groups excluding carboxylic acids is 3. The number of fused-ring (bicyclic) bond motifs is 1. The molecule has 4 rings (SSSR count). The second kappa shape index (κ2) is 8.47. The Hall–Kier alpha value is -3.88. The molecule has 1 saturated heterocycles. The lowest BCUT2D eigenvalue weighted by molar-refractivity contribution is -0.131. The molecule has 9 nitrogen and oxygen atoms in total. The van der Waals surface area contributed by atoms with Gasteiger partial charge < -0.3 is 19.9 Å². The number of methoxy groups -OCH3 is 1. The Balaban J connectivity index is 1.34. The van der Waals surface area contributed by atoms with Gasteiger partial charge in [-0.2, -0.15) is 0 Å². The lowest BCUT2D eigenvalue weighted by Gasteiger charge is -2.13. The first-order valence-corrected chi connectivity index (χ1v) is 9.88. The van der Waals surface area contributed by atoms with E-state index in [9.17, 15) is 14.4 Å². The van der Waals surface area contributed by atoms with E-state index in [1.54, 1.807) is 31.4 Å². The molecule has 1 aliphatic rings. The summed E-state index contributed by atoms with van der Waals surface area (Å²) in [5.74, 6) is 0.643. The lowest BCUT2D eigenvalue weighted by atomic mass is 10.1. The van der Waals surface area contributed by atoms with Gasteiger partial charge in [-0.25, -0.2) is 9.78 Å². The molecule has 31 heavy (non-hydrogen) atoms. The van der Waals surface area contributed by atoms with Gasteiger partial charge in [-0.15, -0.1) is 0 Å². The van der Waals surface area contributed by atoms with Gasteiger partial charge in [0.1, 0.15) is 17.6 Å². The number of benzene rings is 2. The van der Waals surface area contributed by atoms with E-state index < -0.39 is 18.0 Å². The Labute approximate surface area is 179 Å². The number of imide groups is 1. The van der Waals surface area contributed by atoms with E-state index in [1.165, 1.54) is 0 Å². The highest BCUT2D eigenvalue weighted by atomic mass is 16.5. The molecule has 1 fully saturated rings. The van der Waals surface area contributed by atoms with Gasteiger partial charge in [0, 0.05) is 7.05 Å². The number of amides is 4. The monoisotopic (exact) mass is 421 g/mol. The Morgan fingerprint density at radius 3 is 2.61 bits per heavy atom. The molecule has 2 aromatic carbocycles. The standard InChI is InChI=1S/C22H23N5O4/c1-26-18-6-4-3-5-16(18)24-19(26)12-23-20(28)11-17-21(29)27(22(30)25-17)13-14-7-9-15(31-2)10-8-14/h3-10,17H,11-13H2,1-2H3,(H,23,28)(H,25,30)/t17-/m1/s1. The Kier molecular flexibility index (Phi) is 5.57. The number of hydrogen-bond acceptors (Lipinski definition) is 5. The van der Waals surface area contributed by atoms with Crippen LogP contribution in [0, 0.1) is 0 Å². The molecule has 0 unspecified atom stereocenters. The fraction of sp³-hybridized carbons (Fsp3) is 0.273. The van der Waals surface area contributed by atoms with Crippen LogP contribution in [0.1, 0.15) is 17.8 Å². The van der Waals surface area contributed by atoms with Gasteiger partial charge in [-0.3, -0.25) is 14.5 Å². The first kappa shape index (κ1) is 20.4. The van der Waals surface area contributed by atoms with Gasteiger partial charge in [0.05, 0.1) is 37.7 Å². The Morgan fingerprint density at radius 1 is 1.16 bits per heavy atom. The largest absolute Gasteiger partial charge is 0.497 e. The summed E-state index contributed by atoms with van der Waals surface area (Å²) in [5, 5.41) is 5.37. The zero-order chi connectivity index (χ0) is 22.0. The van der Waals surface area contributed by atoms with Crippen molar-refractivity contribution >= 4 is 28.9 Å². The fourth-order valence-corrected chi connectivity index (χ4v) is 3.57. The number of aromatic nitrogens is 2. The summed E-state index contributed by atoms with van der Waals surface area (Å²) in [7, 11) is 3.45. The second-order valence-corrected chi connectivity index (χ2v) is 7.33. The molecule has 1 atom stereocenters. The Bertz CT molecular complexity index is 1140.